The van der Waals surface area contributed by atoms with Crippen LogP contribution < -0.4 is 0 Å². The molecule has 0 aliphatic rings. The SMILES string of the molecule is Cc1cc(Cn2cc(C(=O)O)c(C(F)(F)C(F)(F)F)n2)ccc1[N+](=O)[O-].Cl. The van der Waals surface area contributed by atoms with Crippen LogP contribution >= 0.6 is 12.4 Å². The highest BCUT2D eigenvalue weighted by Gasteiger charge is 2.62. The van der Waals surface area contributed by atoms with Crippen LogP contribution in [0.2, 0.25) is 0 Å². The molecule has 0 fully saturated rings. The number of nitro benzene ring substituents is 1. The van der Waals surface area contributed by atoms with Crippen molar-refractivity contribution in [3.05, 3.63) is 56.9 Å². The first-order chi connectivity index (χ1) is 11.8. The van der Waals surface area contributed by atoms with E-state index < -0.39 is 34.2 Å². The first kappa shape index (κ1) is 22.3. The number of rotatable bonds is 5. The van der Waals surface area contributed by atoms with Crippen molar-refractivity contribution in [2.24, 2.45) is 0 Å². The van der Waals surface area contributed by atoms with Crippen LogP contribution in [0.4, 0.5) is 27.6 Å². The number of carboxylic acids is 1. The van der Waals surface area contributed by atoms with Gasteiger partial charge < -0.3 is 5.11 Å². The minimum atomic E-state index is -6.01. The van der Waals surface area contributed by atoms with Gasteiger partial charge in [-0.25, -0.2) is 4.79 Å². The summed E-state index contributed by atoms with van der Waals surface area (Å²) in [5.41, 5.74) is -2.87. The van der Waals surface area contributed by atoms with Crippen LogP contribution in [-0.4, -0.2) is 32.0 Å². The second-order valence-electron chi connectivity index (χ2n) is 5.34. The molecule has 0 radical (unpaired) electrons. The highest BCUT2D eigenvalue weighted by molar-refractivity contribution is 5.89. The van der Waals surface area contributed by atoms with Gasteiger partial charge in [0.25, 0.3) is 5.69 Å². The molecule has 1 aromatic heterocycles. The van der Waals surface area contributed by atoms with Gasteiger partial charge >= 0.3 is 18.1 Å². The minimum Gasteiger partial charge on any atom is -0.478 e. The number of carboxylic acid groups (broad SMARTS) is 1. The van der Waals surface area contributed by atoms with Gasteiger partial charge in [0.05, 0.1) is 11.5 Å². The Hall–Kier alpha value is -2.76. The monoisotopic (exact) mass is 415 g/mol. The van der Waals surface area contributed by atoms with Crippen molar-refractivity contribution in [3.8, 4) is 0 Å². The van der Waals surface area contributed by atoms with Gasteiger partial charge in [0.1, 0.15) is 5.56 Å². The predicted octanol–water partition coefficient (Wildman–Crippen LogP) is 3.92. The van der Waals surface area contributed by atoms with Gasteiger partial charge in [-0.2, -0.15) is 27.1 Å². The second kappa shape index (κ2) is 7.47. The molecule has 0 aliphatic carbocycles. The van der Waals surface area contributed by atoms with E-state index in [0.717, 1.165) is 6.07 Å². The summed E-state index contributed by atoms with van der Waals surface area (Å²) in [5.74, 6) is -7.44. The van der Waals surface area contributed by atoms with E-state index in [1.54, 1.807) is 0 Å². The number of aromatic carboxylic acids is 1. The van der Waals surface area contributed by atoms with Crippen LogP contribution in [0.3, 0.4) is 0 Å². The molecule has 27 heavy (non-hydrogen) atoms. The lowest BCUT2D eigenvalue weighted by molar-refractivity contribution is -0.385. The van der Waals surface area contributed by atoms with Crippen molar-refractivity contribution >= 4 is 24.1 Å². The molecule has 0 aliphatic heterocycles. The smallest absolute Gasteiger partial charge is 0.459 e. The van der Waals surface area contributed by atoms with Crippen LogP contribution in [0.1, 0.15) is 27.2 Å². The summed E-state index contributed by atoms with van der Waals surface area (Å²) >= 11 is 0. The van der Waals surface area contributed by atoms with Gasteiger partial charge in [-0.05, 0) is 18.6 Å². The van der Waals surface area contributed by atoms with E-state index >= 15 is 0 Å². The zero-order chi connectivity index (χ0) is 19.9. The van der Waals surface area contributed by atoms with Gasteiger partial charge in [-0.3, -0.25) is 14.8 Å². The topological polar surface area (TPSA) is 98.3 Å². The molecule has 148 valence electrons. The fourth-order valence-corrected chi connectivity index (χ4v) is 2.23. The molecule has 0 amide bonds. The maximum absolute atomic E-state index is 13.5. The van der Waals surface area contributed by atoms with E-state index in [-0.39, 0.29) is 30.2 Å². The number of aromatic nitrogens is 2. The molecular weight excluding hydrogens is 405 g/mol. The number of nitrogens with zero attached hydrogens (tertiary/aromatic N) is 3. The summed E-state index contributed by atoms with van der Waals surface area (Å²) in [7, 11) is 0. The van der Waals surface area contributed by atoms with Crippen LogP contribution in [-0.2, 0) is 12.5 Å². The third-order valence-corrected chi connectivity index (χ3v) is 3.45. The summed E-state index contributed by atoms with van der Waals surface area (Å²) in [4.78, 5) is 21.1. The number of benzene rings is 1. The highest BCUT2D eigenvalue weighted by atomic mass is 35.5. The predicted molar refractivity (Wildman–Crippen MR) is 83.3 cm³/mol. The third-order valence-electron chi connectivity index (χ3n) is 3.45. The first-order valence-electron chi connectivity index (χ1n) is 6.84. The first-order valence-corrected chi connectivity index (χ1v) is 6.84. The average molecular weight is 416 g/mol. The lowest BCUT2D eigenvalue weighted by Crippen LogP contribution is -2.35. The van der Waals surface area contributed by atoms with E-state index in [4.69, 9.17) is 5.11 Å². The molecule has 2 aromatic rings. The third kappa shape index (κ3) is 4.32. The maximum Gasteiger partial charge on any atom is 0.459 e. The van der Waals surface area contributed by atoms with Crippen molar-refractivity contribution < 1.29 is 36.8 Å². The Bertz CT molecular complexity index is 882. The highest BCUT2D eigenvalue weighted by Crippen LogP contribution is 2.44. The molecular formula is C14H11ClF5N3O4. The fourth-order valence-electron chi connectivity index (χ4n) is 2.23. The lowest BCUT2D eigenvalue weighted by atomic mass is 10.1. The Balaban J connectivity index is 0.00000364. The van der Waals surface area contributed by atoms with E-state index in [0.29, 0.717) is 16.4 Å². The number of carbonyl (C=O) groups is 1. The van der Waals surface area contributed by atoms with Gasteiger partial charge in [0, 0.05) is 17.8 Å². The number of alkyl halides is 5. The van der Waals surface area contributed by atoms with Crippen molar-refractivity contribution in [2.75, 3.05) is 0 Å². The molecule has 1 heterocycles. The zero-order valence-electron chi connectivity index (χ0n) is 13.3. The van der Waals surface area contributed by atoms with Crippen molar-refractivity contribution in [1.29, 1.82) is 0 Å². The Morgan fingerprint density at radius 2 is 1.89 bits per heavy atom. The van der Waals surface area contributed by atoms with Crippen molar-refractivity contribution in [2.45, 2.75) is 25.6 Å². The second-order valence-corrected chi connectivity index (χ2v) is 5.34. The Morgan fingerprint density at radius 3 is 2.33 bits per heavy atom. The molecule has 2 rings (SSSR count). The largest absolute Gasteiger partial charge is 0.478 e. The molecule has 1 N–H and O–H groups in total. The number of aryl methyl sites for hydroxylation is 1. The van der Waals surface area contributed by atoms with Gasteiger partial charge in [-0.15, -0.1) is 12.4 Å². The normalized spacial score (nSPS) is 11.8. The minimum absolute atomic E-state index is 0. The molecule has 1 aromatic carbocycles. The maximum atomic E-state index is 13.5. The van der Waals surface area contributed by atoms with Crippen LogP contribution in [0.15, 0.2) is 24.4 Å². The van der Waals surface area contributed by atoms with Gasteiger partial charge in [0.2, 0.25) is 0 Å². The van der Waals surface area contributed by atoms with Crippen LogP contribution in [0, 0.1) is 17.0 Å². The molecule has 0 atom stereocenters. The van der Waals surface area contributed by atoms with Gasteiger partial charge in [0.15, 0.2) is 5.69 Å². The fraction of sp³-hybridized carbons (Fsp3) is 0.286. The molecule has 0 spiro atoms. The molecule has 7 nitrogen and oxygen atoms in total. The molecule has 0 bridgehead atoms. The summed E-state index contributed by atoms with van der Waals surface area (Å²) in [6, 6.07) is 3.72. The van der Waals surface area contributed by atoms with E-state index in [2.05, 4.69) is 5.10 Å². The summed E-state index contributed by atoms with van der Waals surface area (Å²) < 4.78 is 65.2. The number of hydrogen-bond acceptors (Lipinski definition) is 4. The molecule has 0 saturated heterocycles. The van der Waals surface area contributed by atoms with Crippen LogP contribution in [0.25, 0.3) is 0 Å². The summed E-state index contributed by atoms with van der Waals surface area (Å²) in [6.07, 6.45) is -5.46. The number of nitro groups is 1. The standard InChI is InChI=1S/C14H10F5N3O4.ClH/c1-7-4-8(2-3-10(7)22(25)26)5-21-6-9(12(23)24)11(20-21)13(15,16)14(17,18)19;/h2-4,6H,5H2,1H3,(H,23,24);1H. The lowest BCUT2D eigenvalue weighted by Gasteiger charge is -2.17. The Kier molecular flexibility index (Phi) is 6.16. The van der Waals surface area contributed by atoms with Crippen LogP contribution in [0.5, 0.6) is 0 Å². The zero-order valence-corrected chi connectivity index (χ0v) is 14.1. The number of hydrogen-bond donors (Lipinski definition) is 1. The van der Waals surface area contributed by atoms with Crippen molar-refractivity contribution in [3.63, 3.8) is 0 Å². The van der Waals surface area contributed by atoms with E-state index in [9.17, 15) is 36.9 Å². The Morgan fingerprint density at radius 1 is 1.30 bits per heavy atom. The van der Waals surface area contributed by atoms with Crippen molar-refractivity contribution in [1.82, 2.24) is 9.78 Å². The summed E-state index contributed by atoms with van der Waals surface area (Å²) in [6.45, 7) is 1.06. The number of halogens is 6. The quantitative estimate of drug-likeness (QED) is 0.453. The van der Waals surface area contributed by atoms with Gasteiger partial charge in [-0.1, -0.05) is 6.07 Å². The summed E-state index contributed by atoms with van der Waals surface area (Å²) in [5, 5.41) is 22.7. The Labute approximate surface area is 154 Å². The van der Waals surface area contributed by atoms with E-state index in [1.165, 1.54) is 19.1 Å². The molecule has 0 unspecified atom stereocenters. The average Bonchev–Trinajstić information content (AvgIpc) is 2.90. The van der Waals surface area contributed by atoms with E-state index in [1.807, 2.05) is 0 Å². The molecule has 13 heteroatoms. The molecule has 0 saturated carbocycles.